The van der Waals surface area contributed by atoms with Crippen molar-refractivity contribution in [2.75, 3.05) is 5.73 Å². The van der Waals surface area contributed by atoms with Crippen LogP contribution in [0.2, 0.25) is 0 Å². The van der Waals surface area contributed by atoms with Gasteiger partial charge in [0.05, 0.1) is 11.9 Å². The molecule has 0 saturated heterocycles. The number of nitrogens with one attached hydrogen (secondary N) is 1. The fourth-order valence-electron chi connectivity index (χ4n) is 3.00. The number of hydrogen-bond donors (Lipinski definition) is 2. The van der Waals surface area contributed by atoms with Crippen molar-refractivity contribution in [3.63, 3.8) is 0 Å². The predicted octanol–water partition coefficient (Wildman–Crippen LogP) is 1.56. The van der Waals surface area contributed by atoms with E-state index >= 15 is 0 Å². The molecule has 1 amide bonds. The molecule has 1 aliphatic rings. The van der Waals surface area contributed by atoms with Crippen molar-refractivity contribution in [3.05, 3.63) is 11.9 Å². The lowest BCUT2D eigenvalue weighted by atomic mass is 9.93. The minimum Gasteiger partial charge on any atom is -0.396 e. The van der Waals surface area contributed by atoms with Gasteiger partial charge in [0.15, 0.2) is 0 Å². The van der Waals surface area contributed by atoms with Crippen molar-refractivity contribution >= 4 is 11.6 Å². The maximum atomic E-state index is 12.2. The van der Waals surface area contributed by atoms with E-state index in [0.717, 1.165) is 12.3 Å². The van der Waals surface area contributed by atoms with Gasteiger partial charge in [-0.05, 0) is 24.7 Å². The maximum Gasteiger partial charge on any atom is 0.271 e. The topological polar surface area (TPSA) is 72.9 Å². The highest BCUT2D eigenvalue weighted by Crippen LogP contribution is 2.34. The summed E-state index contributed by atoms with van der Waals surface area (Å²) >= 11 is 0. The van der Waals surface area contributed by atoms with Gasteiger partial charge >= 0.3 is 0 Å². The molecule has 2 rings (SSSR count). The van der Waals surface area contributed by atoms with Gasteiger partial charge in [0.2, 0.25) is 0 Å². The molecule has 1 aromatic rings. The van der Waals surface area contributed by atoms with E-state index in [1.165, 1.54) is 23.7 Å². The molecule has 5 nitrogen and oxygen atoms in total. The molecule has 1 aromatic heterocycles. The van der Waals surface area contributed by atoms with Crippen molar-refractivity contribution < 1.29 is 4.79 Å². The molecule has 3 unspecified atom stereocenters. The molecule has 1 saturated carbocycles. The smallest absolute Gasteiger partial charge is 0.271 e. The SMILES string of the molecule is CCC1CCC(NC(=O)c2c(N)cnn2C)C1C. The lowest BCUT2D eigenvalue weighted by Gasteiger charge is -2.21. The van der Waals surface area contributed by atoms with Gasteiger partial charge in [0.1, 0.15) is 5.69 Å². The Morgan fingerprint density at radius 1 is 1.61 bits per heavy atom. The van der Waals surface area contributed by atoms with Gasteiger partial charge in [0.25, 0.3) is 5.91 Å². The molecule has 0 aliphatic heterocycles. The van der Waals surface area contributed by atoms with Crippen molar-refractivity contribution in [2.24, 2.45) is 18.9 Å². The number of amides is 1. The Bertz CT molecular complexity index is 421. The summed E-state index contributed by atoms with van der Waals surface area (Å²) in [6, 6.07) is 0.261. The number of carbonyl (C=O) groups excluding carboxylic acids is 1. The van der Waals surface area contributed by atoms with Crippen LogP contribution >= 0.6 is 0 Å². The Balaban J connectivity index is 2.05. The highest BCUT2D eigenvalue weighted by molar-refractivity contribution is 5.97. The quantitative estimate of drug-likeness (QED) is 0.855. The lowest BCUT2D eigenvalue weighted by Crippen LogP contribution is -2.38. The van der Waals surface area contributed by atoms with Crippen LogP contribution in [-0.4, -0.2) is 21.7 Å². The third-order valence-corrected chi connectivity index (χ3v) is 4.25. The molecular weight excluding hydrogens is 228 g/mol. The standard InChI is InChI=1S/C13H22N4O/c1-4-9-5-6-11(8(9)2)16-13(18)12-10(14)7-15-17(12)3/h7-9,11H,4-6,14H2,1-3H3,(H,16,18). The van der Waals surface area contributed by atoms with E-state index in [1.54, 1.807) is 7.05 Å². The largest absolute Gasteiger partial charge is 0.396 e. The van der Waals surface area contributed by atoms with Crippen LogP contribution in [0.3, 0.4) is 0 Å². The number of nitrogens with zero attached hydrogens (tertiary/aromatic N) is 2. The summed E-state index contributed by atoms with van der Waals surface area (Å²) < 4.78 is 1.53. The van der Waals surface area contributed by atoms with Crippen LogP contribution in [0.5, 0.6) is 0 Å². The summed E-state index contributed by atoms with van der Waals surface area (Å²) in [7, 11) is 1.73. The summed E-state index contributed by atoms with van der Waals surface area (Å²) in [5.74, 6) is 1.15. The normalized spacial score (nSPS) is 27.4. The number of nitrogens with two attached hydrogens (primary N) is 1. The lowest BCUT2D eigenvalue weighted by molar-refractivity contribution is 0.0918. The molecular formula is C13H22N4O. The molecule has 18 heavy (non-hydrogen) atoms. The molecule has 0 spiro atoms. The van der Waals surface area contributed by atoms with E-state index in [4.69, 9.17) is 5.73 Å². The second kappa shape index (κ2) is 5.00. The highest BCUT2D eigenvalue weighted by Gasteiger charge is 2.33. The third kappa shape index (κ3) is 2.21. The van der Waals surface area contributed by atoms with E-state index in [2.05, 4.69) is 24.3 Å². The summed E-state index contributed by atoms with van der Waals surface area (Å²) in [6.45, 7) is 4.43. The van der Waals surface area contributed by atoms with Gasteiger partial charge in [-0.1, -0.05) is 20.3 Å². The van der Waals surface area contributed by atoms with Crippen LogP contribution in [0.1, 0.15) is 43.6 Å². The van der Waals surface area contributed by atoms with Crippen LogP contribution < -0.4 is 11.1 Å². The first-order chi connectivity index (χ1) is 8.54. The van der Waals surface area contributed by atoms with E-state index in [1.807, 2.05) is 0 Å². The first-order valence-corrected chi connectivity index (χ1v) is 6.63. The molecule has 1 fully saturated rings. The average molecular weight is 250 g/mol. The van der Waals surface area contributed by atoms with E-state index in [-0.39, 0.29) is 11.9 Å². The highest BCUT2D eigenvalue weighted by atomic mass is 16.2. The van der Waals surface area contributed by atoms with Gasteiger partial charge in [-0.3, -0.25) is 9.48 Å². The molecule has 0 aromatic carbocycles. The van der Waals surface area contributed by atoms with Crippen LogP contribution in [-0.2, 0) is 7.05 Å². The molecule has 0 radical (unpaired) electrons. The Morgan fingerprint density at radius 2 is 2.33 bits per heavy atom. The van der Waals surface area contributed by atoms with Gasteiger partial charge in [-0.15, -0.1) is 0 Å². The Hall–Kier alpha value is -1.52. The number of hydrogen-bond acceptors (Lipinski definition) is 3. The summed E-state index contributed by atoms with van der Waals surface area (Å²) in [5, 5.41) is 7.09. The van der Waals surface area contributed by atoms with Crippen molar-refractivity contribution in [1.29, 1.82) is 0 Å². The monoisotopic (exact) mass is 250 g/mol. The fraction of sp³-hybridized carbons (Fsp3) is 0.692. The number of anilines is 1. The maximum absolute atomic E-state index is 12.2. The predicted molar refractivity (Wildman–Crippen MR) is 71.1 cm³/mol. The zero-order valence-corrected chi connectivity index (χ0v) is 11.3. The van der Waals surface area contributed by atoms with E-state index in [9.17, 15) is 4.79 Å². The number of aromatic nitrogens is 2. The molecule has 1 aliphatic carbocycles. The van der Waals surface area contributed by atoms with Crippen molar-refractivity contribution in [1.82, 2.24) is 15.1 Å². The van der Waals surface area contributed by atoms with Crippen LogP contribution in [0.15, 0.2) is 6.20 Å². The number of carbonyl (C=O) groups is 1. The average Bonchev–Trinajstić information content (AvgIpc) is 2.84. The Labute approximate surface area is 108 Å². The van der Waals surface area contributed by atoms with Crippen LogP contribution in [0.4, 0.5) is 5.69 Å². The number of aryl methyl sites for hydroxylation is 1. The van der Waals surface area contributed by atoms with Crippen LogP contribution in [0.25, 0.3) is 0 Å². The van der Waals surface area contributed by atoms with Crippen molar-refractivity contribution in [2.45, 2.75) is 39.2 Å². The van der Waals surface area contributed by atoms with Crippen LogP contribution in [0, 0.1) is 11.8 Å². The van der Waals surface area contributed by atoms with Gasteiger partial charge in [0, 0.05) is 13.1 Å². The fourth-order valence-corrected chi connectivity index (χ4v) is 3.00. The molecule has 1 heterocycles. The summed E-state index contributed by atoms with van der Waals surface area (Å²) in [6.07, 6.45) is 4.95. The zero-order chi connectivity index (χ0) is 13.3. The van der Waals surface area contributed by atoms with Gasteiger partial charge in [-0.25, -0.2) is 0 Å². The first-order valence-electron chi connectivity index (χ1n) is 6.63. The minimum atomic E-state index is -0.110. The minimum absolute atomic E-state index is 0.110. The number of nitrogen functional groups attached to an aromatic ring is 1. The second-order valence-corrected chi connectivity index (χ2v) is 5.26. The second-order valence-electron chi connectivity index (χ2n) is 5.26. The summed E-state index contributed by atoms with van der Waals surface area (Å²) in [4.78, 5) is 12.2. The first kappa shape index (κ1) is 12.9. The van der Waals surface area contributed by atoms with Crippen molar-refractivity contribution in [3.8, 4) is 0 Å². The molecule has 100 valence electrons. The van der Waals surface area contributed by atoms with Gasteiger partial charge < -0.3 is 11.1 Å². The molecule has 3 N–H and O–H groups in total. The van der Waals surface area contributed by atoms with E-state index < -0.39 is 0 Å². The molecule has 3 atom stereocenters. The van der Waals surface area contributed by atoms with E-state index in [0.29, 0.717) is 17.3 Å². The molecule has 5 heteroatoms. The Kier molecular flexibility index (Phi) is 3.59. The molecule has 0 bridgehead atoms. The Morgan fingerprint density at radius 3 is 2.83 bits per heavy atom. The van der Waals surface area contributed by atoms with Gasteiger partial charge in [-0.2, -0.15) is 5.10 Å². The number of rotatable bonds is 3. The third-order valence-electron chi connectivity index (χ3n) is 4.25. The summed E-state index contributed by atoms with van der Waals surface area (Å²) in [5.41, 5.74) is 6.66. The zero-order valence-electron chi connectivity index (χ0n) is 11.3.